The lowest BCUT2D eigenvalue weighted by Gasteiger charge is -2.19. The molecule has 0 amide bonds. The van der Waals surface area contributed by atoms with Gasteiger partial charge in [-0.3, -0.25) is 9.36 Å². The summed E-state index contributed by atoms with van der Waals surface area (Å²) in [5.41, 5.74) is 3.40. The number of fused-ring (bicyclic) bond motifs is 1. The number of halogens is 2. The highest BCUT2D eigenvalue weighted by Gasteiger charge is 2.22. The fraction of sp³-hybridized carbons (Fsp3) is 0.133. The first-order valence-corrected chi connectivity index (χ1v) is 13.8. The van der Waals surface area contributed by atoms with E-state index in [1.54, 1.807) is 4.57 Å². The van der Waals surface area contributed by atoms with Gasteiger partial charge in [0.05, 0.1) is 27.4 Å². The molecule has 190 valence electrons. The summed E-state index contributed by atoms with van der Waals surface area (Å²) in [6, 6.07) is 20.9. The largest absolute Gasteiger partial charge is 0.490 e. The van der Waals surface area contributed by atoms with Crippen LogP contribution in [0.3, 0.4) is 0 Å². The molecule has 1 aromatic heterocycles. The second-order valence-corrected chi connectivity index (χ2v) is 10.7. The highest BCUT2D eigenvalue weighted by molar-refractivity contribution is 9.10. The summed E-state index contributed by atoms with van der Waals surface area (Å²) in [5.74, 6) is 3.54. The maximum atomic E-state index is 13.8. The first kappa shape index (κ1) is 26.1. The summed E-state index contributed by atoms with van der Waals surface area (Å²) in [7, 11) is 0. The third kappa shape index (κ3) is 5.34. The second-order valence-electron chi connectivity index (χ2n) is 8.35. The van der Waals surface area contributed by atoms with E-state index in [1.165, 1.54) is 11.3 Å². The van der Waals surface area contributed by atoms with Crippen molar-refractivity contribution in [3.63, 3.8) is 0 Å². The van der Waals surface area contributed by atoms with Crippen LogP contribution in [0, 0.1) is 12.3 Å². The summed E-state index contributed by atoms with van der Waals surface area (Å²) in [6.45, 7) is 2.46. The van der Waals surface area contributed by atoms with Crippen LogP contribution in [0.25, 0.3) is 11.8 Å². The predicted molar refractivity (Wildman–Crippen MR) is 157 cm³/mol. The van der Waals surface area contributed by atoms with Crippen LogP contribution in [0.4, 0.5) is 0 Å². The fourth-order valence-electron chi connectivity index (χ4n) is 4.19. The summed E-state index contributed by atoms with van der Waals surface area (Å²) < 4.78 is 14.4. The maximum absolute atomic E-state index is 13.8. The third-order valence-corrected chi connectivity index (χ3v) is 7.68. The molecule has 0 saturated heterocycles. The summed E-state index contributed by atoms with van der Waals surface area (Å²) in [4.78, 5) is 19.2. The van der Waals surface area contributed by atoms with Gasteiger partial charge >= 0.3 is 0 Å². The van der Waals surface area contributed by atoms with Crippen molar-refractivity contribution in [2.45, 2.75) is 13.0 Å². The van der Waals surface area contributed by atoms with Crippen molar-refractivity contribution in [2.24, 2.45) is 4.99 Å². The second kappa shape index (κ2) is 11.4. The third-order valence-electron chi connectivity index (χ3n) is 5.86. The molecule has 1 atom stereocenters. The molecule has 5 nitrogen and oxygen atoms in total. The zero-order chi connectivity index (χ0) is 26.6. The zero-order valence-electron chi connectivity index (χ0n) is 20.4. The van der Waals surface area contributed by atoms with Crippen molar-refractivity contribution >= 4 is 50.6 Å². The van der Waals surface area contributed by atoms with Gasteiger partial charge in [-0.15, -0.1) is 6.42 Å². The quantitative estimate of drug-likeness (QED) is 0.249. The van der Waals surface area contributed by atoms with Crippen molar-refractivity contribution in [3.8, 4) is 23.8 Å². The van der Waals surface area contributed by atoms with Crippen molar-refractivity contribution in [1.29, 1.82) is 0 Å². The normalized spacial score (nSPS) is 14.7. The first-order valence-electron chi connectivity index (χ1n) is 11.9. The van der Waals surface area contributed by atoms with Crippen molar-refractivity contribution < 1.29 is 9.47 Å². The summed E-state index contributed by atoms with van der Waals surface area (Å²) >= 11 is 11.1. The van der Waals surface area contributed by atoms with E-state index in [4.69, 9.17) is 32.5 Å². The van der Waals surface area contributed by atoms with Crippen molar-refractivity contribution in [2.75, 3.05) is 13.2 Å². The predicted octanol–water partition coefficient (Wildman–Crippen LogP) is 5.83. The molecule has 0 aliphatic carbocycles. The Balaban J connectivity index is 1.67. The smallest absolute Gasteiger partial charge is 0.271 e. The minimum atomic E-state index is -0.328. The summed E-state index contributed by atoms with van der Waals surface area (Å²) in [6.07, 6.45) is 9.22. The molecular weight excluding hydrogens is 584 g/mol. The average Bonchev–Trinajstić information content (AvgIpc) is 3.23. The Morgan fingerprint density at radius 3 is 2.63 bits per heavy atom. The maximum Gasteiger partial charge on any atom is 0.271 e. The van der Waals surface area contributed by atoms with E-state index in [0.717, 1.165) is 22.4 Å². The molecule has 2 heterocycles. The van der Waals surface area contributed by atoms with Crippen molar-refractivity contribution in [1.82, 2.24) is 4.57 Å². The Bertz CT molecular complexity index is 1740. The number of benzene rings is 3. The van der Waals surface area contributed by atoms with Crippen LogP contribution in [-0.4, -0.2) is 17.8 Å². The number of terminal acetylenes is 1. The van der Waals surface area contributed by atoms with Gasteiger partial charge in [-0.1, -0.05) is 71.3 Å². The number of allylic oxidation sites excluding steroid dienone is 1. The van der Waals surface area contributed by atoms with E-state index in [9.17, 15) is 4.79 Å². The van der Waals surface area contributed by atoms with E-state index >= 15 is 0 Å². The van der Waals surface area contributed by atoms with E-state index < -0.39 is 0 Å². The molecule has 0 N–H and O–H groups in total. The number of nitrogens with zero attached hydrogens (tertiary/aromatic N) is 2. The average molecular weight is 606 g/mol. The Kier molecular flexibility index (Phi) is 7.85. The zero-order valence-corrected chi connectivity index (χ0v) is 23.5. The number of ether oxygens (including phenoxy) is 2. The molecule has 0 bridgehead atoms. The fourth-order valence-corrected chi connectivity index (χ4v) is 5.91. The molecule has 0 fully saturated rings. The minimum Gasteiger partial charge on any atom is -0.490 e. The molecule has 0 radical (unpaired) electrons. The molecule has 8 heteroatoms. The molecule has 4 aromatic rings. The molecule has 3 aromatic carbocycles. The Labute approximate surface area is 237 Å². The Hall–Kier alpha value is -3.57. The molecule has 38 heavy (non-hydrogen) atoms. The molecular formula is C30H22BrClN2O3S. The molecule has 1 unspecified atom stereocenters. The van der Waals surface area contributed by atoms with Gasteiger partial charge in [0.2, 0.25) is 0 Å². The van der Waals surface area contributed by atoms with E-state index in [0.29, 0.717) is 36.9 Å². The Morgan fingerprint density at radius 2 is 1.92 bits per heavy atom. The highest BCUT2D eigenvalue weighted by atomic mass is 79.9. The number of aromatic nitrogens is 1. The standard InChI is InChI=1S/C30H22BrClN2O3S/c1-3-14-37-28-23(31)15-19(16-26(28)36-4-2)17-27-29(35)34-25(21-10-12-22(32)13-11-21)18-24(33-30(34)38-27)20-8-6-5-7-9-20/h1,5-13,15-18,25H,4,14H2,2H3. The number of thiazole rings is 1. The van der Waals surface area contributed by atoms with Gasteiger partial charge in [0.25, 0.3) is 5.56 Å². The lowest BCUT2D eigenvalue weighted by molar-refractivity contribution is 0.298. The van der Waals surface area contributed by atoms with Gasteiger partial charge in [0.1, 0.15) is 6.61 Å². The van der Waals surface area contributed by atoms with Crippen LogP contribution < -0.4 is 24.4 Å². The molecule has 0 saturated carbocycles. The van der Waals surface area contributed by atoms with Crippen LogP contribution in [0.15, 0.2) is 87.1 Å². The molecule has 5 rings (SSSR count). The lowest BCUT2D eigenvalue weighted by atomic mass is 10.0. The van der Waals surface area contributed by atoms with Crippen LogP contribution in [0.1, 0.15) is 29.7 Å². The Morgan fingerprint density at radius 1 is 1.16 bits per heavy atom. The number of rotatable bonds is 7. The number of hydrogen-bond acceptors (Lipinski definition) is 5. The van der Waals surface area contributed by atoms with Gasteiger partial charge in [-0.25, -0.2) is 4.99 Å². The van der Waals surface area contributed by atoms with Crippen LogP contribution in [0.2, 0.25) is 5.02 Å². The lowest BCUT2D eigenvalue weighted by Crippen LogP contribution is -2.36. The van der Waals surface area contributed by atoms with E-state index in [2.05, 4.69) is 21.9 Å². The molecule has 1 aliphatic rings. The van der Waals surface area contributed by atoms with Gasteiger partial charge < -0.3 is 9.47 Å². The van der Waals surface area contributed by atoms with Crippen LogP contribution in [0.5, 0.6) is 11.5 Å². The molecule has 1 aliphatic heterocycles. The monoisotopic (exact) mass is 604 g/mol. The van der Waals surface area contributed by atoms with E-state index in [1.807, 2.05) is 85.8 Å². The van der Waals surface area contributed by atoms with Crippen LogP contribution >= 0.6 is 38.9 Å². The summed E-state index contributed by atoms with van der Waals surface area (Å²) in [5, 5.41) is 0.638. The number of hydrogen-bond donors (Lipinski definition) is 0. The van der Waals surface area contributed by atoms with Gasteiger partial charge in [0.15, 0.2) is 16.3 Å². The molecule has 0 spiro atoms. The topological polar surface area (TPSA) is 52.8 Å². The van der Waals surface area contributed by atoms with Gasteiger partial charge in [-0.2, -0.15) is 0 Å². The van der Waals surface area contributed by atoms with Gasteiger partial charge in [-0.05, 0) is 76.0 Å². The highest BCUT2D eigenvalue weighted by Crippen LogP contribution is 2.37. The SMILES string of the molecule is C#CCOc1c(Br)cc(C=c2sc3n(c2=O)C(c2ccc(Cl)cc2)C=C(c2ccccc2)N=3)cc1OCC. The first-order chi connectivity index (χ1) is 18.5. The van der Waals surface area contributed by atoms with Crippen molar-refractivity contribution in [3.05, 3.63) is 119 Å². The van der Waals surface area contributed by atoms with Gasteiger partial charge in [0, 0.05) is 5.02 Å². The minimum absolute atomic E-state index is 0.116. The van der Waals surface area contributed by atoms with E-state index in [-0.39, 0.29) is 18.2 Å². The van der Waals surface area contributed by atoms with Crippen LogP contribution in [-0.2, 0) is 0 Å².